The topological polar surface area (TPSA) is 46.5 Å². The Labute approximate surface area is 58.1 Å². The van der Waals surface area contributed by atoms with E-state index < -0.39 is 17.9 Å². The fourth-order valence-electron chi connectivity index (χ4n) is 0.250. The Kier molecular flexibility index (Phi) is 5.31. The van der Waals surface area contributed by atoms with Gasteiger partial charge < -0.3 is 16.8 Å². The SMILES string of the molecule is C=C(F)C(=O)OCC([CH2-])O.[Rf]. The predicted octanol–water partition coefficient (Wildman–Crippen LogP) is 0.208. The summed E-state index contributed by atoms with van der Waals surface area (Å²) in [6.45, 7) is 5.47. The normalized spacial score (nSPS) is 11.2. The first-order valence-electron chi connectivity index (χ1n) is 2.56. The molecule has 0 aromatic carbocycles. The fraction of sp³-hybridized carbons (Fsp3) is 0.333. The molecule has 1 unspecified atom stereocenters. The van der Waals surface area contributed by atoms with Crippen molar-refractivity contribution in [2.45, 2.75) is 6.10 Å². The van der Waals surface area contributed by atoms with Gasteiger partial charge in [-0.05, 0) is 6.10 Å². The van der Waals surface area contributed by atoms with Crippen LogP contribution in [0.15, 0.2) is 12.4 Å². The van der Waals surface area contributed by atoms with Crippen LogP contribution in [0.5, 0.6) is 0 Å². The molecule has 0 spiro atoms. The average Bonchev–Trinajstić information content (AvgIpc) is 1.82. The van der Waals surface area contributed by atoms with Crippen LogP contribution >= 0.6 is 0 Å². The van der Waals surface area contributed by atoms with Crippen molar-refractivity contribution >= 4 is 5.97 Å². The molecule has 60 valence electrons. The standard InChI is InChI=1S/C6H8FO3.Rf/c1-4(8)3-10-6(9)5(2)7;/h4,8H,1-3H2;/q-1;. The van der Waals surface area contributed by atoms with Crippen molar-refractivity contribution in [2.75, 3.05) is 6.61 Å². The van der Waals surface area contributed by atoms with E-state index in [9.17, 15) is 9.18 Å². The van der Waals surface area contributed by atoms with Gasteiger partial charge in [0.1, 0.15) is 0 Å². The van der Waals surface area contributed by atoms with Crippen LogP contribution in [-0.2, 0) is 9.53 Å². The number of rotatable bonds is 3. The van der Waals surface area contributed by atoms with Gasteiger partial charge in [0, 0.05) is 0 Å². The zero-order chi connectivity index (χ0) is 8.15. The Balaban J connectivity index is 0. The van der Waals surface area contributed by atoms with E-state index in [-0.39, 0.29) is 6.61 Å². The van der Waals surface area contributed by atoms with Crippen LogP contribution in [0.2, 0.25) is 0 Å². The first-order chi connectivity index (χ1) is 4.54. The minimum absolute atomic E-state index is 0. The molecule has 0 aromatic heterocycles. The van der Waals surface area contributed by atoms with Gasteiger partial charge in [-0.15, -0.1) is 0 Å². The van der Waals surface area contributed by atoms with Crippen molar-refractivity contribution in [2.24, 2.45) is 0 Å². The number of carbonyl (C=O) groups is 1. The van der Waals surface area contributed by atoms with E-state index >= 15 is 0 Å². The fourth-order valence-corrected chi connectivity index (χ4v) is 0.250. The van der Waals surface area contributed by atoms with Gasteiger partial charge in [-0.2, -0.15) is 4.39 Å². The molecule has 0 bridgehead atoms. The number of hydrogen-bond acceptors (Lipinski definition) is 3. The maximum absolute atomic E-state index is 11.8. The second-order valence-corrected chi connectivity index (χ2v) is 1.66. The Morgan fingerprint density at radius 3 is 2.55 bits per heavy atom. The summed E-state index contributed by atoms with van der Waals surface area (Å²) in [5, 5.41) is 8.44. The Bertz CT molecular complexity index is 147. The molecule has 3 nitrogen and oxygen atoms in total. The van der Waals surface area contributed by atoms with E-state index in [0.29, 0.717) is 0 Å². The molecule has 0 aliphatic carbocycles. The van der Waals surface area contributed by atoms with Gasteiger partial charge >= 0.3 is 5.97 Å². The van der Waals surface area contributed by atoms with Gasteiger partial charge in [-0.25, -0.2) is 4.79 Å². The minimum Gasteiger partial charge on any atom is -0.461 e. The summed E-state index contributed by atoms with van der Waals surface area (Å²) in [6.07, 6.45) is -1.02. The first-order valence-corrected chi connectivity index (χ1v) is 2.56. The Morgan fingerprint density at radius 1 is 1.82 bits per heavy atom. The summed E-state index contributed by atoms with van der Waals surface area (Å²) in [5.74, 6) is -2.34. The van der Waals surface area contributed by atoms with Crippen LogP contribution in [0.1, 0.15) is 0 Å². The predicted molar refractivity (Wildman–Crippen MR) is 32.6 cm³/mol. The largest absolute Gasteiger partial charge is 0.461 e. The van der Waals surface area contributed by atoms with Gasteiger partial charge in [-0.1, -0.05) is 6.58 Å². The quantitative estimate of drug-likeness (QED) is 0.408. The Hall–Kier alpha value is -1.90. The molecule has 0 saturated heterocycles. The van der Waals surface area contributed by atoms with Gasteiger partial charge in [0.05, 0.1) is 6.61 Å². The number of halogens is 1. The molecule has 1 N–H and O–H groups in total. The van der Waals surface area contributed by atoms with Gasteiger partial charge in [-0.3, -0.25) is 0 Å². The number of ether oxygens (including phenoxy) is 1. The molecule has 0 aromatic rings. The maximum Gasteiger partial charge on any atom is 0.366 e. The molecule has 11 heavy (non-hydrogen) atoms. The summed E-state index contributed by atoms with van der Waals surface area (Å²) in [5.41, 5.74) is 0. The minimum atomic E-state index is -1.18. The number of aliphatic hydroxyl groups excluding tert-OH is 1. The smallest absolute Gasteiger partial charge is 0.366 e. The molecule has 1 atom stereocenters. The van der Waals surface area contributed by atoms with E-state index in [2.05, 4.69) is 18.2 Å². The molecule has 0 aliphatic rings. The second kappa shape index (κ2) is 4.93. The second-order valence-electron chi connectivity index (χ2n) is 1.66. The maximum atomic E-state index is 11.8. The molecule has 0 radical (unpaired) electrons. The monoisotopic (exact) mass is 414 g/mol. The van der Waals surface area contributed by atoms with Crippen molar-refractivity contribution in [3.05, 3.63) is 19.3 Å². The van der Waals surface area contributed by atoms with E-state index in [0.717, 1.165) is 0 Å². The van der Waals surface area contributed by atoms with Gasteiger partial charge in [0.15, 0.2) is 0 Å². The summed E-state index contributed by atoms with van der Waals surface area (Å²) in [6, 6.07) is 0. The van der Waals surface area contributed by atoms with Gasteiger partial charge in [0.25, 0.3) is 0 Å². The third-order valence-corrected chi connectivity index (χ3v) is 0.628. The molecular weight excluding hydrogens is 406 g/mol. The summed E-state index contributed by atoms with van der Waals surface area (Å²) < 4.78 is 15.9. The molecule has 0 amide bonds. The molecule has 0 heterocycles. The van der Waals surface area contributed by atoms with E-state index in [1.807, 2.05) is 0 Å². The summed E-state index contributed by atoms with van der Waals surface area (Å²) in [4.78, 5) is 10.2. The van der Waals surface area contributed by atoms with Crippen LogP contribution in [0, 0.1) is 6.92 Å². The summed E-state index contributed by atoms with van der Waals surface area (Å²) >= 11 is 0. The third kappa shape index (κ3) is 5.98. The van der Waals surface area contributed by atoms with Crippen molar-refractivity contribution < 1.29 is 19.0 Å². The van der Waals surface area contributed by atoms with Gasteiger partial charge in [0.2, 0.25) is 5.83 Å². The number of carbonyl (C=O) groups excluding carboxylic acids is 1. The van der Waals surface area contributed by atoms with E-state index in [1.165, 1.54) is 0 Å². The number of esters is 1. The molecule has 0 saturated carbocycles. The van der Waals surface area contributed by atoms with Crippen molar-refractivity contribution in [3.8, 4) is 0 Å². The van der Waals surface area contributed by atoms with Crippen molar-refractivity contribution in [1.82, 2.24) is 0 Å². The Morgan fingerprint density at radius 2 is 2.27 bits per heavy atom. The van der Waals surface area contributed by atoms with Crippen LogP contribution in [0.25, 0.3) is 0 Å². The van der Waals surface area contributed by atoms with Crippen LogP contribution in [0.4, 0.5) is 4.39 Å². The van der Waals surface area contributed by atoms with Crippen molar-refractivity contribution in [1.29, 1.82) is 0 Å². The molecule has 5 heteroatoms. The van der Waals surface area contributed by atoms with Crippen LogP contribution in [0.3, 0.4) is 0 Å². The van der Waals surface area contributed by atoms with Crippen LogP contribution < -0.4 is 0 Å². The molecule has 0 rings (SSSR count). The van der Waals surface area contributed by atoms with E-state index in [4.69, 9.17) is 5.11 Å². The molecule has 0 aliphatic heterocycles. The number of aliphatic hydroxyl groups is 1. The number of hydrogen-bond donors (Lipinski definition) is 1. The van der Waals surface area contributed by atoms with E-state index in [1.54, 1.807) is 0 Å². The average molecular weight is 414 g/mol. The zero-order valence-electron chi connectivity index (χ0n) is 6.05. The summed E-state index contributed by atoms with van der Waals surface area (Å²) in [7, 11) is 0. The van der Waals surface area contributed by atoms with Crippen LogP contribution in [-0.4, -0.2) is 23.8 Å². The zero-order valence-corrected chi connectivity index (χ0v) is 12.4. The molecule has 0 fully saturated rings. The molecular formula is C6H8FO3Rf-. The van der Waals surface area contributed by atoms with Crippen molar-refractivity contribution in [3.63, 3.8) is 0 Å². The third-order valence-electron chi connectivity index (χ3n) is 0.628. The first kappa shape index (κ1) is 11.8.